The third-order valence-electron chi connectivity index (χ3n) is 4.56. The largest absolute Gasteiger partial charge is 0.437 e. The Morgan fingerprint density at radius 1 is 1.25 bits per heavy atom. The molecule has 1 amide bonds. The fraction of sp³-hybridized carbons (Fsp3) is 0.368. The standard InChI is InChI=1S/C19H19F3N4O2/c1-3-17(27)26-8-6-13(7-9-26)15-11-23-12(2)25-18(15)28-14-4-5-16(24-10-14)19(20,21)22/h3-5,10-11,13H,1,6-9H2,2H3. The third-order valence-corrected chi connectivity index (χ3v) is 4.56. The topological polar surface area (TPSA) is 68.2 Å². The molecule has 0 aromatic carbocycles. The van der Waals surface area contributed by atoms with E-state index >= 15 is 0 Å². The maximum Gasteiger partial charge on any atom is 0.433 e. The first-order valence-electron chi connectivity index (χ1n) is 8.74. The second-order valence-electron chi connectivity index (χ2n) is 6.46. The number of aromatic nitrogens is 3. The molecular formula is C19H19F3N4O2. The van der Waals surface area contributed by atoms with E-state index in [1.54, 1.807) is 18.0 Å². The van der Waals surface area contributed by atoms with Crippen molar-refractivity contribution in [3.8, 4) is 11.6 Å². The highest BCUT2D eigenvalue weighted by Gasteiger charge is 2.32. The van der Waals surface area contributed by atoms with Gasteiger partial charge in [-0.1, -0.05) is 6.58 Å². The summed E-state index contributed by atoms with van der Waals surface area (Å²) in [4.78, 5) is 25.4. The summed E-state index contributed by atoms with van der Waals surface area (Å²) >= 11 is 0. The second kappa shape index (κ2) is 7.95. The Balaban J connectivity index is 1.78. The van der Waals surface area contributed by atoms with E-state index in [0.717, 1.165) is 17.8 Å². The van der Waals surface area contributed by atoms with E-state index in [0.29, 0.717) is 37.6 Å². The van der Waals surface area contributed by atoms with Gasteiger partial charge in [-0.3, -0.25) is 4.79 Å². The first-order chi connectivity index (χ1) is 13.3. The van der Waals surface area contributed by atoms with Gasteiger partial charge in [0.15, 0.2) is 0 Å². The number of hydrogen-bond donors (Lipinski definition) is 0. The summed E-state index contributed by atoms with van der Waals surface area (Å²) in [5.74, 6) is 0.907. The summed E-state index contributed by atoms with van der Waals surface area (Å²) in [6, 6.07) is 2.07. The fourth-order valence-electron chi connectivity index (χ4n) is 3.08. The minimum absolute atomic E-state index is 0.0758. The average molecular weight is 392 g/mol. The van der Waals surface area contributed by atoms with E-state index in [1.165, 1.54) is 12.1 Å². The van der Waals surface area contributed by atoms with E-state index in [-0.39, 0.29) is 17.6 Å². The molecule has 28 heavy (non-hydrogen) atoms. The molecule has 0 aliphatic carbocycles. The fourth-order valence-corrected chi connectivity index (χ4v) is 3.08. The summed E-state index contributed by atoms with van der Waals surface area (Å²) in [6.45, 7) is 6.35. The van der Waals surface area contributed by atoms with Crippen LogP contribution in [-0.2, 0) is 11.0 Å². The van der Waals surface area contributed by atoms with Gasteiger partial charge in [-0.25, -0.2) is 9.97 Å². The Morgan fingerprint density at radius 3 is 2.54 bits per heavy atom. The predicted molar refractivity (Wildman–Crippen MR) is 94.8 cm³/mol. The quantitative estimate of drug-likeness (QED) is 0.739. The number of nitrogens with zero attached hydrogens (tertiary/aromatic N) is 4. The van der Waals surface area contributed by atoms with Gasteiger partial charge in [0.2, 0.25) is 11.8 Å². The predicted octanol–water partition coefficient (Wildman–Crippen LogP) is 3.88. The van der Waals surface area contributed by atoms with Crippen molar-refractivity contribution in [3.05, 3.63) is 54.3 Å². The molecule has 0 radical (unpaired) electrons. The lowest BCUT2D eigenvalue weighted by molar-refractivity contribution is -0.141. The minimum Gasteiger partial charge on any atom is -0.437 e. The molecule has 2 aromatic heterocycles. The molecule has 6 nitrogen and oxygen atoms in total. The first kappa shape index (κ1) is 19.8. The lowest BCUT2D eigenvalue weighted by atomic mass is 9.90. The summed E-state index contributed by atoms with van der Waals surface area (Å²) in [7, 11) is 0. The van der Waals surface area contributed by atoms with Crippen molar-refractivity contribution in [1.29, 1.82) is 0 Å². The number of aryl methyl sites for hydroxylation is 1. The maximum atomic E-state index is 12.7. The zero-order chi connectivity index (χ0) is 20.3. The van der Waals surface area contributed by atoms with E-state index in [2.05, 4.69) is 21.5 Å². The molecule has 148 valence electrons. The summed E-state index contributed by atoms with van der Waals surface area (Å²) in [5, 5.41) is 0. The number of amides is 1. The molecule has 0 saturated carbocycles. The van der Waals surface area contributed by atoms with Gasteiger partial charge < -0.3 is 9.64 Å². The van der Waals surface area contributed by atoms with Crippen LogP contribution in [0.15, 0.2) is 37.2 Å². The van der Waals surface area contributed by atoms with E-state index in [9.17, 15) is 18.0 Å². The smallest absolute Gasteiger partial charge is 0.433 e. The summed E-state index contributed by atoms with van der Waals surface area (Å²) in [6.07, 6.45) is 0.884. The van der Waals surface area contributed by atoms with Crippen molar-refractivity contribution >= 4 is 5.91 Å². The highest BCUT2D eigenvalue weighted by molar-refractivity contribution is 5.87. The van der Waals surface area contributed by atoms with Gasteiger partial charge in [0.05, 0.1) is 6.20 Å². The zero-order valence-electron chi connectivity index (χ0n) is 15.2. The molecule has 0 unspecified atom stereocenters. The molecule has 0 bridgehead atoms. The van der Waals surface area contributed by atoms with Crippen molar-refractivity contribution in [3.63, 3.8) is 0 Å². The third kappa shape index (κ3) is 4.47. The van der Waals surface area contributed by atoms with Crippen LogP contribution < -0.4 is 4.74 Å². The highest BCUT2D eigenvalue weighted by atomic mass is 19.4. The molecule has 1 aliphatic rings. The number of carbonyl (C=O) groups is 1. The zero-order valence-corrected chi connectivity index (χ0v) is 15.2. The van der Waals surface area contributed by atoms with Crippen LogP contribution in [-0.4, -0.2) is 38.8 Å². The Morgan fingerprint density at radius 2 is 1.96 bits per heavy atom. The number of alkyl halides is 3. The van der Waals surface area contributed by atoms with Crippen LogP contribution in [0.2, 0.25) is 0 Å². The molecular weight excluding hydrogens is 373 g/mol. The number of pyridine rings is 1. The van der Waals surface area contributed by atoms with Crippen molar-refractivity contribution in [2.45, 2.75) is 31.9 Å². The van der Waals surface area contributed by atoms with Gasteiger partial charge in [-0.2, -0.15) is 18.2 Å². The number of carbonyl (C=O) groups excluding carboxylic acids is 1. The van der Waals surface area contributed by atoms with E-state index < -0.39 is 11.9 Å². The number of rotatable bonds is 4. The van der Waals surface area contributed by atoms with E-state index in [4.69, 9.17) is 4.74 Å². The van der Waals surface area contributed by atoms with Gasteiger partial charge in [0.25, 0.3) is 0 Å². The summed E-state index contributed by atoms with van der Waals surface area (Å²) < 4.78 is 43.7. The molecule has 3 heterocycles. The Labute approximate surface area is 160 Å². The first-order valence-corrected chi connectivity index (χ1v) is 8.74. The molecule has 0 spiro atoms. The average Bonchev–Trinajstić information content (AvgIpc) is 2.67. The lowest BCUT2D eigenvalue weighted by Gasteiger charge is -2.31. The molecule has 2 aromatic rings. The van der Waals surface area contributed by atoms with E-state index in [1.807, 2.05) is 0 Å². The maximum absolute atomic E-state index is 12.7. The van der Waals surface area contributed by atoms with Crippen molar-refractivity contribution in [2.24, 2.45) is 0 Å². The highest BCUT2D eigenvalue weighted by Crippen LogP contribution is 2.35. The number of likely N-dealkylation sites (tertiary alicyclic amines) is 1. The van der Waals surface area contributed by atoms with Crippen LogP contribution in [0.4, 0.5) is 13.2 Å². The molecule has 3 rings (SSSR count). The molecule has 1 fully saturated rings. The summed E-state index contributed by atoms with van der Waals surface area (Å²) in [5.41, 5.74) is -0.227. The molecule has 9 heteroatoms. The second-order valence-corrected chi connectivity index (χ2v) is 6.46. The Hall–Kier alpha value is -2.97. The van der Waals surface area contributed by atoms with Crippen LogP contribution >= 0.6 is 0 Å². The van der Waals surface area contributed by atoms with Gasteiger partial charge >= 0.3 is 6.18 Å². The number of hydrogen-bond acceptors (Lipinski definition) is 5. The van der Waals surface area contributed by atoms with Crippen molar-refractivity contribution in [1.82, 2.24) is 19.9 Å². The van der Waals surface area contributed by atoms with Crippen LogP contribution in [0.1, 0.15) is 35.8 Å². The SMILES string of the molecule is C=CC(=O)N1CCC(c2cnc(C)nc2Oc2ccc(C(F)(F)F)nc2)CC1. The van der Waals surface area contributed by atoms with Gasteiger partial charge in [-0.15, -0.1) is 0 Å². The minimum atomic E-state index is -4.51. The van der Waals surface area contributed by atoms with Crippen LogP contribution in [0.25, 0.3) is 0 Å². The van der Waals surface area contributed by atoms with Crippen LogP contribution in [0.5, 0.6) is 11.6 Å². The van der Waals surface area contributed by atoms with Crippen molar-refractivity contribution in [2.75, 3.05) is 13.1 Å². The Bertz CT molecular complexity index is 860. The van der Waals surface area contributed by atoms with Crippen molar-refractivity contribution < 1.29 is 22.7 Å². The van der Waals surface area contributed by atoms with Gasteiger partial charge in [0.1, 0.15) is 17.3 Å². The number of halogens is 3. The van der Waals surface area contributed by atoms with Gasteiger partial charge in [-0.05, 0) is 43.9 Å². The van der Waals surface area contributed by atoms with Gasteiger partial charge in [0, 0.05) is 24.8 Å². The van der Waals surface area contributed by atoms with Crippen LogP contribution in [0, 0.1) is 6.92 Å². The monoisotopic (exact) mass is 392 g/mol. The molecule has 1 aliphatic heterocycles. The normalized spacial score (nSPS) is 15.4. The number of ether oxygens (including phenoxy) is 1. The molecule has 0 atom stereocenters. The number of piperidine rings is 1. The van der Waals surface area contributed by atoms with Crippen LogP contribution in [0.3, 0.4) is 0 Å². The molecule has 1 saturated heterocycles. The molecule has 0 N–H and O–H groups in total. The lowest BCUT2D eigenvalue weighted by Crippen LogP contribution is -2.36. The Kier molecular flexibility index (Phi) is 5.62.